The van der Waals surface area contributed by atoms with Crippen LogP contribution in [0.4, 0.5) is 0 Å². The smallest absolute Gasteiger partial charge is 0.230 e. The normalized spacial score (nSPS) is 10.3. The number of methoxy groups -OCH3 is 2. The predicted molar refractivity (Wildman–Crippen MR) is 73.5 cm³/mol. The summed E-state index contributed by atoms with van der Waals surface area (Å²) in [6.45, 7) is 3.89. The van der Waals surface area contributed by atoms with Gasteiger partial charge in [-0.2, -0.15) is 0 Å². The van der Waals surface area contributed by atoms with E-state index >= 15 is 0 Å². The van der Waals surface area contributed by atoms with Gasteiger partial charge in [0.2, 0.25) is 5.91 Å². The third-order valence-electron chi connectivity index (χ3n) is 2.17. The molecule has 18 heavy (non-hydrogen) atoms. The van der Waals surface area contributed by atoms with Crippen molar-refractivity contribution in [3.8, 4) is 11.5 Å². The quantitative estimate of drug-likeness (QED) is 0.805. The number of ether oxygens (including phenoxy) is 2. The van der Waals surface area contributed by atoms with E-state index in [1.54, 1.807) is 14.2 Å². The lowest BCUT2D eigenvalue weighted by Crippen LogP contribution is -2.31. The molecule has 5 heteroatoms. The highest BCUT2D eigenvalue weighted by Crippen LogP contribution is 2.31. The van der Waals surface area contributed by atoms with Crippen LogP contribution in [0.15, 0.2) is 23.1 Å². The molecular formula is C13H19NO3S. The van der Waals surface area contributed by atoms with E-state index in [1.165, 1.54) is 11.8 Å². The molecule has 0 aromatic heterocycles. The molecule has 0 unspecified atom stereocenters. The summed E-state index contributed by atoms with van der Waals surface area (Å²) in [5, 5.41) is 2.85. The van der Waals surface area contributed by atoms with Gasteiger partial charge in [-0.15, -0.1) is 11.8 Å². The van der Waals surface area contributed by atoms with Gasteiger partial charge in [-0.05, 0) is 32.0 Å². The van der Waals surface area contributed by atoms with Crippen LogP contribution in [0.25, 0.3) is 0 Å². The Kier molecular flexibility index (Phi) is 5.85. The zero-order chi connectivity index (χ0) is 13.5. The van der Waals surface area contributed by atoms with Crippen molar-refractivity contribution < 1.29 is 14.3 Å². The Hall–Kier alpha value is -1.36. The molecule has 0 bridgehead atoms. The standard InChI is InChI=1S/C13H19NO3S/c1-9(2)14-13(15)8-18-10-5-6-11(16-3)12(7-10)17-4/h5-7,9H,8H2,1-4H3,(H,14,15). The number of nitrogens with one attached hydrogen (secondary N) is 1. The van der Waals surface area contributed by atoms with Crippen molar-refractivity contribution >= 4 is 17.7 Å². The molecular weight excluding hydrogens is 250 g/mol. The zero-order valence-corrected chi connectivity index (χ0v) is 12.0. The van der Waals surface area contributed by atoms with Crippen LogP contribution in [0.2, 0.25) is 0 Å². The Labute approximate surface area is 112 Å². The molecule has 1 rings (SSSR count). The molecule has 1 N–H and O–H groups in total. The van der Waals surface area contributed by atoms with Crippen molar-refractivity contribution in [3.63, 3.8) is 0 Å². The largest absolute Gasteiger partial charge is 0.493 e. The number of carbonyl (C=O) groups is 1. The van der Waals surface area contributed by atoms with Crippen molar-refractivity contribution in [2.45, 2.75) is 24.8 Å². The van der Waals surface area contributed by atoms with Gasteiger partial charge in [-0.3, -0.25) is 4.79 Å². The van der Waals surface area contributed by atoms with Gasteiger partial charge in [0.1, 0.15) is 0 Å². The van der Waals surface area contributed by atoms with Crippen LogP contribution in [0, 0.1) is 0 Å². The van der Waals surface area contributed by atoms with Gasteiger partial charge in [0.05, 0.1) is 20.0 Å². The fraction of sp³-hybridized carbons (Fsp3) is 0.462. The van der Waals surface area contributed by atoms with Crippen LogP contribution >= 0.6 is 11.8 Å². The highest BCUT2D eigenvalue weighted by Gasteiger charge is 2.07. The van der Waals surface area contributed by atoms with E-state index in [9.17, 15) is 4.79 Å². The average Bonchev–Trinajstić information content (AvgIpc) is 2.35. The molecule has 1 amide bonds. The predicted octanol–water partition coefficient (Wildman–Crippen LogP) is 2.32. The molecule has 0 aliphatic rings. The first-order valence-corrected chi connectivity index (χ1v) is 6.69. The summed E-state index contributed by atoms with van der Waals surface area (Å²) in [6.07, 6.45) is 0. The fourth-order valence-corrected chi connectivity index (χ4v) is 2.15. The van der Waals surface area contributed by atoms with E-state index in [1.807, 2.05) is 32.0 Å². The monoisotopic (exact) mass is 269 g/mol. The van der Waals surface area contributed by atoms with Gasteiger partial charge in [-0.1, -0.05) is 0 Å². The van der Waals surface area contributed by atoms with E-state index in [0.717, 1.165) is 4.90 Å². The number of thioether (sulfide) groups is 1. The molecule has 0 saturated carbocycles. The van der Waals surface area contributed by atoms with Gasteiger partial charge < -0.3 is 14.8 Å². The zero-order valence-electron chi connectivity index (χ0n) is 11.1. The minimum absolute atomic E-state index is 0.0322. The van der Waals surface area contributed by atoms with Gasteiger partial charge in [-0.25, -0.2) is 0 Å². The second-order valence-electron chi connectivity index (χ2n) is 4.03. The highest BCUT2D eigenvalue weighted by atomic mass is 32.2. The summed E-state index contributed by atoms with van der Waals surface area (Å²) in [5.74, 6) is 1.79. The molecule has 0 saturated heterocycles. The van der Waals surface area contributed by atoms with Crippen LogP contribution in [0.5, 0.6) is 11.5 Å². The van der Waals surface area contributed by atoms with Crippen molar-refractivity contribution in [1.29, 1.82) is 0 Å². The van der Waals surface area contributed by atoms with Crippen molar-refractivity contribution in [2.24, 2.45) is 0 Å². The summed E-state index contributed by atoms with van der Waals surface area (Å²) in [4.78, 5) is 12.5. The number of amides is 1. The fourth-order valence-electron chi connectivity index (χ4n) is 1.42. The SMILES string of the molecule is COc1ccc(SCC(=O)NC(C)C)cc1OC. The van der Waals surface area contributed by atoms with Gasteiger partial charge in [0, 0.05) is 10.9 Å². The van der Waals surface area contributed by atoms with Crippen molar-refractivity contribution in [1.82, 2.24) is 5.32 Å². The number of rotatable bonds is 6. The Morgan fingerprint density at radius 3 is 2.50 bits per heavy atom. The Morgan fingerprint density at radius 2 is 1.94 bits per heavy atom. The molecule has 0 radical (unpaired) electrons. The lowest BCUT2D eigenvalue weighted by atomic mass is 10.3. The molecule has 100 valence electrons. The number of benzene rings is 1. The number of hydrogen-bond donors (Lipinski definition) is 1. The van der Waals surface area contributed by atoms with Crippen LogP contribution in [0.1, 0.15) is 13.8 Å². The summed E-state index contributed by atoms with van der Waals surface area (Å²) in [6, 6.07) is 5.78. The molecule has 0 atom stereocenters. The van der Waals surface area contributed by atoms with Crippen molar-refractivity contribution in [3.05, 3.63) is 18.2 Å². The van der Waals surface area contributed by atoms with E-state index in [2.05, 4.69) is 5.32 Å². The van der Waals surface area contributed by atoms with E-state index in [4.69, 9.17) is 9.47 Å². The minimum Gasteiger partial charge on any atom is -0.493 e. The second kappa shape index (κ2) is 7.16. The molecule has 0 fully saturated rings. The average molecular weight is 269 g/mol. The lowest BCUT2D eigenvalue weighted by molar-refractivity contribution is -0.119. The third kappa shape index (κ3) is 4.49. The van der Waals surface area contributed by atoms with Gasteiger partial charge in [0.15, 0.2) is 11.5 Å². The summed E-state index contributed by atoms with van der Waals surface area (Å²) in [5.41, 5.74) is 0. The summed E-state index contributed by atoms with van der Waals surface area (Å²) in [7, 11) is 3.19. The molecule has 0 heterocycles. The number of carbonyl (C=O) groups excluding carboxylic acids is 1. The first-order valence-electron chi connectivity index (χ1n) is 5.71. The maximum Gasteiger partial charge on any atom is 0.230 e. The van der Waals surface area contributed by atoms with Gasteiger partial charge in [0.25, 0.3) is 0 Å². The molecule has 1 aromatic rings. The molecule has 0 aliphatic carbocycles. The van der Waals surface area contributed by atoms with Crippen LogP contribution < -0.4 is 14.8 Å². The molecule has 0 spiro atoms. The van der Waals surface area contributed by atoms with Crippen LogP contribution in [0.3, 0.4) is 0 Å². The lowest BCUT2D eigenvalue weighted by Gasteiger charge is -2.10. The minimum atomic E-state index is 0.0322. The maximum atomic E-state index is 11.5. The van der Waals surface area contributed by atoms with Crippen LogP contribution in [-0.2, 0) is 4.79 Å². The van der Waals surface area contributed by atoms with E-state index in [0.29, 0.717) is 17.3 Å². The Balaban J connectivity index is 2.60. The van der Waals surface area contributed by atoms with E-state index in [-0.39, 0.29) is 11.9 Å². The van der Waals surface area contributed by atoms with Crippen LogP contribution in [-0.4, -0.2) is 31.9 Å². The molecule has 1 aromatic carbocycles. The van der Waals surface area contributed by atoms with Crippen molar-refractivity contribution in [2.75, 3.05) is 20.0 Å². The highest BCUT2D eigenvalue weighted by molar-refractivity contribution is 8.00. The maximum absolute atomic E-state index is 11.5. The molecule has 4 nitrogen and oxygen atoms in total. The topological polar surface area (TPSA) is 47.6 Å². The molecule has 0 aliphatic heterocycles. The van der Waals surface area contributed by atoms with Gasteiger partial charge >= 0.3 is 0 Å². The summed E-state index contributed by atoms with van der Waals surface area (Å²) >= 11 is 1.47. The number of hydrogen-bond acceptors (Lipinski definition) is 4. The Morgan fingerprint density at radius 1 is 1.28 bits per heavy atom. The second-order valence-corrected chi connectivity index (χ2v) is 5.08. The van der Waals surface area contributed by atoms with E-state index < -0.39 is 0 Å². The first-order chi connectivity index (χ1) is 8.56. The Bertz CT molecular complexity index is 407. The third-order valence-corrected chi connectivity index (χ3v) is 3.17. The summed E-state index contributed by atoms with van der Waals surface area (Å²) < 4.78 is 10.4. The first kappa shape index (κ1) is 14.7.